The van der Waals surface area contributed by atoms with Crippen molar-refractivity contribution >= 4 is 22.4 Å². The Labute approximate surface area is 173 Å². The molecule has 7 nitrogen and oxygen atoms in total. The predicted molar refractivity (Wildman–Crippen MR) is 114 cm³/mol. The highest BCUT2D eigenvalue weighted by Crippen LogP contribution is 2.36. The number of nitro groups is 1. The summed E-state index contributed by atoms with van der Waals surface area (Å²) in [5.74, 6) is 0.842. The number of nitrogens with zero attached hydrogens (tertiary/aromatic N) is 2. The number of aromatic nitrogens is 2. The van der Waals surface area contributed by atoms with Gasteiger partial charge in [-0.3, -0.25) is 15.4 Å². The van der Waals surface area contributed by atoms with Crippen molar-refractivity contribution in [2.75, 3.05) is 5.32 Å². The highest BCUT2D eigenvalue weighted by molar-refractivity contribution is 5.86. The maximum absolute atomic E-state index is 11.1. The van der Waals surface area contributed by atoms with Crippen molar-refractivity contribution in [2.24, 2.45) is 0 Å². The van der Waals surface area contributed by atoms with Crippen LogP contribution in [0, 0.1) is 24.0 Å². The van der Waals surface area contributed by atoms with Crippen LogP contribution >= 0.6 is 0 Å². The second-order valence-corrected chi connectivity index (χ2v) is 7.20. The Morgan fingerprint density at radius 3 is 2.47 bits per heavy atom. The van der Waals surface area contributed by atoms with Crippen LogP contribution in [0.2, 0.25) is 0 Å². The number of hydrogen-bond acceptors (Lipinski definition) is 5. The van der Waals surface area contributed by atoms with E-state index in [1.54, 1.807) is 12.1 Å². The molecule has 0 unspecified atom stereocenters. The summed E-state index contributed by atoms with van der Waals surface area (Å²) in [5, 5.41) is 26.4. The number of anilines is 1. The third kappa shape index (κ3) is 3.77. The van der Waals surface area contributed by atoms with Crippen LogP contribution in [0.5, 0.6) is 5.75 Å². The van der Waals surface area contributed by atoms with Crippen molar-refractivity contribution in [3.05, 3.63) is 99.4 Å². The van der Waals surface area contributed by atoms with Gasteiger partial charge in [-0.05, 0) is 44.2 Å². The minimum Gasteiger partial charge on any atom is -0.505 e. The van der Waals surface area contributed by atoms with Crippen molar-refractivity contribution in [2.45, 2.75) is 19.9 Å². The number of nitrogens with one attached hydrogen (secondary N) is 2. The molecule has 1 atom stereocenters. The minimum atomic E-state index is -0.449. The number of rotatable bonds is 5. The number of non-ortho nitro benzene ring substituents is 1. The fourth-order valence-corrected chi connectivity index (χ4v) is 3.47. The first kappa shape index (κ1) is 19.3. The summed E-state index contributed by atoms with van der Waals surface area (Å²) in [5.41, 5.74) is 3.72. The molecule has 3 N–H and O–H groups in total. The lowest BCUT2D eigenvalue weighted by molar-refractivity contribution is -0.384. The maximum Gasteiger partial charge on any atom is 0.273 e. The van der Waals surface area contributed by atoms with Gasteiger partial charge in [0.2, 0.25) is 0 Å². The van der Waals surface area contributed by atoms with Crippen molar-refractivity contribution in [1.29, 1.82) is 0 Å². The molecule has 4 rings (SSSR count). The van der Waals surface area contributed by atoms with Crippen molar-refractivity contribution in [3.8, 4) is 5.75 Å². The molecule has 0 fully saturated rings. The molecule has 150 valence electrons. The number of pyridine rings is 2. The minimum absolute atomic E-state index is 0.0136. The number of aromatic amines is 1. The zero-order valence-electron chi connectivity index (χ0n) is 16.6. The van der Waals surface area contributed by atoms with Gasteiger partial charge in [0.15, 0.2) is 0 Å². The Bertz CT molecular complexity index is 1240. The van der Waals surface area contributed by atoms with Crippen LogP contribution in [-0.2, 0) is 0 Å². The number of phenolic OH excluding ortho intramolecular Hbond substituents is 1. The smallest absolute Gasteiger partial charge is 0.273 e. The van der Waals surface area contributed by atoms with Crippen LogP contribution in [0.25, 0.3) is 10.9 Å². The first-order chi connectivity index (χ1) is 14.4. The summed E-state index contributed by atoms with van der Waals surface area (Å²) in [6.45, 7) is 3.82. The van der Waals surface area contributed by atoms with Crippen LogP contribution < -0.4 is 10.3 Å². The Morgan fingerprint density at radius 1 is 1.03 bits per heavy atom. The molecule has 0 radical (unpaired) electrons. The van der Waals surface area contributed by atoms with E-state index in [-0.39, 0.29) is 11.4 Å². The third-order valence-electron chi connectivity index (χ3n) is 4.99. The summed E-state index contributed by atoms with van der Waals surface area (Å²) in [4.78, 5) is 18.4. The van der Waals surface area contributed by atoms with Gasteiger partial charge in [-0.2, -0.15) is 0 Å². The third-order valence-corrected chi connectivity index (χ3v) is 4.99. The molecule has 0 amide bonds. The number of H-pyrrole nitrogens is 1. The van der Waals surface area contributed by atoms with Crippen LogP contribution in [0.3, 0.4) is 0 Å². The van der Waals surface area contributed by atoms with E-state index in [1.165, 1.54) is 12.1 Å². The molecule has 0 bridgehead atoms. The number of fused-ring (bicyclic) bond motifs is 1. The Balaban J connectivity index is 1.85. The Morgan fingerprint density at radius 2 is 1.77 bits per heavy atom. The van der Waals surface area contributed by atoms with Crippen LogP contribution in [0.4, 0.5) is 11.5 Å². The molecule has 4 aromatic rings. The molecule has 0 saturated heterocycles. The molecule has 2 heterocycles. The maximum atomic E-state index is 11.1. The quantitative estimate of drug-likeness (QED) is 0.379. The van der Waals surface area contributed by atoms with E-state index in [4.69, 9.17) is 0 Å². The van der Waals surface area contributed by atoms with Gasteiger partial charge in [0.05, 0.1) is 10.6 Å². The molecule has 2 aromatic carbocycles. The van der Waals surface area contributed by atoms with E-state index >= 15 is 0 Å². The summed E-state index contributed by atoms with van der Waals surface area (Å²) < 4.78 is 0. The fraction of sp³-hybridized carbons (Fsp3) is 0.130. The van der Waals surface area contributed by atoms with Gasteiger partial charge < -0.3 is 5.11 Å². The standard InChI is InChI=1S/C23H20N4O3/c1-14-4-3-5-20(24-14)26-21(16-8-11-18(12-9-16)27(29)30)19-13-10-17-7-6-15(2)25-22(17)23(19)28/h3-13,21,28H,1-2H3,(H,24,26)/p+1/t21-/m1/s1. The van der Waals surface area contributed by atoms with Gasteiger partial charge in [0, 0.05) is 40.4 Å². The van der Waals surface area contributed by atoms with Gasteiger partial charge in [-0.25, -0.2) is 9.97 Å². The number of benzene rings is 2. The predicted octanol–water partition coefficient (Wildman–Crippen LogP) is 4.48. The Hall–Kier alpha value is -4.00. The molecule has 2 aromatic heterocycles. The molecular formula is C23H21N4O3+. The van der Waals surface area contributed by atoms with E-state index in [9.17, 15) is 15.2 Å². The van der Waals surface area contributed by atoms with E-state index in [2.05, 4.69) is 15.3 Å². The van der Waals surface area contributed by atoms with Gasteiger partial charge in [-0.1, -0.05) is 18.2 Å². The van der Waals surface area contributed by atoms with Crippen LogP contribution in [0.1, 0.15) is 28.6 Å². The van der Waals surface area contributed by atoms with Gasteiger partial charge in [0.25, 0.3) is 11.5 Å². The number of phenols is 1. The average molecular weight is 401 g/mol. The molecule has 0 aliphatic heterocycles. The van der Waals surface area contributed by atoms with Gasteiger partial charge in [-0.15, -0.1) is 0 Å². The van der Waals surface area contributed by atoms with Crippen LogP contribution in [0.15, 0.2) is 66.7 Å². The fourth-order valence-electron chi connectivity index (χ4n) is 3.47. The normalized spacial score (nSPS) is 11.9. The first-order valence-electron chi connectivity index (χ1n) is 9.51. The monoisotopic (exact) mass is 401 g/mol. The molecule has 0 spiro atoms. The number of hydrogen-bond donors (Lipinski definition) is 2. The highest BCUT2D eigenvalue weighted by atomic mass is 16.6. The lowest BCUT2D eigenvalue weighted by atomic mass is 9.96. The second kappa shape index (κ2) is 7.79. The SMILES string of the molecule is Cc1ccc2ccc([C@H](Nc3cccc(C)[nH+]3)c3ccc([N+](=O)[O-])cc3)c(O)c2n1. The van der Waals surface area contributed by atoms with E-state index < -0.39 is 11.0 Å². The molecule has 0 saturated carbocycles. The molecular weight excluding hydrogens is 380 g/mol. The number of nitro benzene ring substituents is 1. The van der Waals surface area contributed by atoms with E-state index in [0.29, 0.717) is 11.1 Å². The van der Waals surface area contributed by atoms with E-state index in [0.717, 1.165) is 28.2 Å². The molecule has 0 aliphatic carbocycles. The summed E-state index contributed by atoms with van der Waals surface area (Å²) in [7, 11) is 0. The molecule has 0 aliphatic rings. The van der Waals surface area contributed by atoms with Gasteiger partial charge >= 0.3 is 0 Å². The Kier molecular flexibility index (Phi) is 5.02. The second-order valence-electron chi connectivity index (χ2n) is 7.20. The largest absolute Gasteiger partial charge is 0.505 e. The van der Waals surface area contributed by atoms with Gasteiger partial charge in [0.1, 0.15) is 17.3 Å². The lowest BCUT2D eigenvalue weighted by Crippen LogP contribution is -2.20. The van der Waals surface area contributed by atoms with Crippen molar-refractivity contribution in [3.63, 3.8) is 0 Å². The lowest BCUT2D eigenvalue weighted by Gasteiger charge is -2.18. The van der Waals surface area contributed by atoms with Crippen LogP contribution in [-0.4, -0.2) is 15.0 Å². The topological polar surface area (TPSA) is 102 Å². The summed E-state index contributed by atoms with van der Waals surface area (Å²) in [6, 6.07) is 19.2. The highest BCUT2D eigenvalue weighted by Gasteiger charge is 2.25. The first-order valence-corrected chi connectivity index (χ1v) is 9.51. The average Bonchev–Trinajstić information content (AvgIpc) is 2.73. The zero-order valence-corrected chi connectivity index (χ0v) is 16.6. The van der Waals surface area contributed by atoms with Crippen molar-refractivity contribution in [1.82, 2.24) is 4.98 Å². The molecule has 30 heavy (non-hydrogen) atoms. The number of aryl methyl sites for hydroxylation is 2. The van der Waals surface area contributed by atoms with E-state index in [1.807, 2.05) is 56.3 Å². The summed E-state index contributed by atoms with van der Waals surface area (Å²) in [6.07, 6.45) is 0. The number of aromatic hydroxyl groups is 1. The van der Waals surface area contributed by atoms with Crippen molar-refractivity contribution < 1.29 is 15.0 Å². The molecule has 7 heteroatoms. The summed E-state index contributed by atoms with van der Waals surface area (Å²) >= 11 is 0. The zero-order chi connectivity index (χ0) is 21.3.